The van der Waals surface area contributed by atoms with Gasteiger partial charge in [-0.2, -0.15) is 0 Å². The van der Waals surface area contributed by atoms with Crippen LogP contribution in [0.4, 0.5) is 4.79 Å². The molecule has 130 valence electrons. The number of amides is 4. The van der Waals surface area contributed by atoms with Gasteiger partial charge in [-0.3, -0.25) is 14.5 Å². The first-order valence-electron chi connectivity index (χ1n) is 8.26. The molecule has 1 aromatic carbocycles. The lowest BCUT2D eigenvalue weighted by Gasteiger charge is -2.27. The number of rotatable bonds is 6. The van der Waals surface area contributed by atoms with Gasteiger partial charge in [-0.1, -0.05) is 44.2 Å². The summed E-state index contributed by atoms with van der Waals surface area (Å²) in [6.07, 6.45) is 1.17. The second-order valence-electron chi connectivity index (χ2n) is 6.73. The minimum absolute atomic E-state index is 0.275. The summed E-state index contributed by atoms with van der Waals surface area (Å²) in [6, 6.07) is 8.59. The quantitative estimate of drug-likeness (QED) is 0.784. The van der Waals surface area contributed by atoms with E-state index in [1.165, 1.54) is 0 Å². The Morgan fingerprint density at radius 3 is 2.38 bits per heavy atom. The lowest BCUT2D eigenvalue weighted by molar-refractivity contribution is -0.135. The van der Waals surface area contributed by atoms with Crippen molar-refractivity contribution >= 4 is 17.8 Å². The second kappa shape index (κ2) is 6.63. The summed E-state index contributed by atoms with van der Waals surface area (Å²) in [6.45, 7) is 7.33. The van der Waals surface area contributed by atoms with Crippen molar-refractivity contribution < 1.29 is 14.4 Å². The molecule has 6 heteroatoms. The van der Waals surface area contributed by atoms with E-state index in [1.54, 1.807) is 0 Å². The van der Waals surface area contributed by atoms with E-state index in [0.29, 0.717) is 6.42 Å². The highest BCUT2D eigenvalue weighted by atomic mass is 16.2. The van der Waals surface area contributed by atoms with Crippen LogP contribution in [0.5, 0.6) is 0 Å². The summed E-state index contributed by atoms with van der Waals surface area (Å²) < 4.78 is 0. The number of imide groups is 1. The molecule has 0 aromatic heterocycles. The van der Waals surface area contributed by atoms with Crippen LogP contribution < -0.4 is 10.6 Å². The minimum atomic E-state index is -1.10. The molecule has 4 amide bonds. The van der Waals surface area contributed by atoms with Crippen molar-refractivity contribution in [1.82, 2.24) is 15.5 Å². The van der Waals surface area contributed by atoms with Gasteiger partial charge in [0, 0.05) is 5.54 Å². The SMILES string of the molecule is CCC(C)(C)NC(=O)CN1C(=O)NC(CC)(c2ccccc2)C1=O. The van der Waals surface area contributed by atoms with E-state index in [0.717, 1.165) is 16.9 Å². The van der Waals surface area contributed by atoms with Gasteiger partial charge in [0.05, 0.1) is 0 Å². The van der Waals surface area contributed by atoms with Crippen molar-refractivity contribution in [3.63, 3.8) is 0 Å². The van der Waals surface area contributed by atoms with E-state index in [9.17, 15) is 14.4 Å². The molecule has 1 aliphatic rings. The molecule has 1 heterocycles. The number of urea groups is 1. The van der Waals surface area contributed by atoms with Crippen LogP contribution in [-0.2, 0) is 15.1 Å². The molecule has 2 N–H and O–H groups in total. The fraction of sp³-hybridized carbons (Fsp3) is 0.500. The fourth-order valence-electron chi connectivity index (χ4n) is 2.78. The van der Waals surface area contributed by atoms with Gasteiger partial charge in [0.2, 0.25) is 5.91 Å². The van der Waals surface area contributed by atoms with Crippen LogP contribution in [0.15, 0.2) is 30.3 Å². The van der Waals surface area contributed by atoms with E-state index in [-0.39, 0.29) is 23.9 Å². The maximum absolute atomic E-state index is 12.9. The number of nitrogens with one attached hydrogen (secondary N) is 2. The van der Waals surface area contributed by atoms with Crippen LogP contribution in [-0.4, -0.2) is 34.8 Å². The molecule has 0 radical (unpaired) electrons. The molecule has 1 fully saturated rings. The zero-order chi connectivity index (χ0) is 18.0. The van der Waals surface area contributed by atoms with Crippen molar-refractivity contribution in [2.45, 2.75) is 51.6 Å². The van der Waals surface area contributed by atoms with Crippen LogP contribution in [0.1, 0.15) is 46.1 Å². The van der Waals surface area contributed by atoms with Gasteiger partial charge in [0.1, 0.15) is 12.1 Å². The average molecular weight is 331 g/mol. The van der Waals surface area contributed by atoms with Crippen LogP contribution >= 0.6 is 0 Å². The monoisotopic (exact) mass is 331 g/mol. The third-order valence-electron chi connectivity index (χ3n) is 4.64. The minimum Gasteiger partial charge on any atom is -0.350 e. The summed E-state index contributed by atoms with van der Waals surface area (Å²) in [4.78, 5) is 38.4. The van der Waals surface area contributed by atoms with E-state index >= 15 is 0 Å². The Hall–Kier alpha value is -2.37. The van der Waals surface area contributed by atoms with Gasteiger partial charge in [-0.15, -0.1) is 0 Å². The molecule has 1 saturated heterocycles. The molecule has 0 bridgehead atoms. The molecule has 6 nitrogen and oxygen atoms in total. The highest BCUT2D eigenvalue weighted by molar-refractivity contribution is 6.09. The molecular formula is C18H25N3O3. The van der Waals surface area contributed by atoms with E-state index in [4.69, 9.17) is 0 Å². The van der Waals surface area contributed by atoms with Gasteiger partial charge >= 0.3 is 6.03 Å². The van der Waals surface area contributed by atoms with Crippen LogP contribution in [0.3, 0.4) is 0 Å². The predicted octanol–water partition coefficient (Wildman–Crippen LogP) is 2.15. The summed E-state index contributed by atoms with van der Waals surface area (Å²) >= 11 is 0. The van der Waals surface area contributed by atoms with Gasteiger partial charge < -0.3 is 10.6 Å². The number of nitrogens with zero attached hydrogens (tertiary/aromatic N) is 1. The van der Waals surface area contributed by atoms with Gasteiger partial charge in [0.25, 0.3) is 5.91 Å². The standard InChI is InChI=1S/C18H25N3O3/c1-5-17(3,4)19-14(22)12-21-15(23)18(6-2,20-16(21)24)13-10-8-7-9-11-13/h7-11H,5-6,12H2,1-4H3,(H,19,22)(H,20,24). The van der Waals surface area contributed by atoms with Crippen molar-refractivity contribution in [2.24, 2.45) is 0 Å². The Balaban J connectivity index is 2.21. The molecule has 24 heavy (non-hydrogen) atoms. The number of hydrogen-bond donors (Lipinski definition) is 2. The summed E-state index contributed by atoms with van der Waals surface area (Å²) in [7, 11) is 0. The molecule has 0 spiro atoms. The highest BCUT2D eigenvalue weighted by Gasteiger charge is 2.51. The van der Waals surface area contributed by atoms with E-state index in [2.05, 4.69) is 10.6 Å². The molecule has 1 aliphatic heterocycles. The number of hydrogen-bond acceptors (Lipinski definition) is 3. The zero-order valence-corrected chi connectivity index (χ0v) is 14.7. The molecule has 0 saturated carbocycles. The normalized spacial score (nSPS) is 20.9. The van der Waals surface area contributed by atoms with Gasteiger partial charge in [-0.25, -0.2) is 4.79 Å². The average Bonchev–Trinajstić information content (AvgIpc) is 2.80. The lowest BCUT2D eigenvalue weighted by Crippen LogP contribution is -2.49. The Labute approximate surface area is 142 Å². The molecule has 1 aromatic rings. The van der Waals surface area contributed by atoms with Crippen molar-refractivity contribution in [2.75, 3.05) is 6.54 Å². The zero-order valence-electron chi connectivity index (χ0n) is 14.7. The number of carbonyl (C=O) groups excluding carboxylic acids is 3. The maximum atomic E-state index is 12.9. The van der Waals surface area contributed by atoms with Crippen molar-refractivity contribution in [3.8, 4) is 0 Å². The van der Waals surface area contributed by atoms with Gasteiger partial charge in [0.15, 0.2) is 0 Å². The first kappa shape index (κ1) is 18.0. The maximum Gasteiger partial charge on any atom is 0.325 e. The topological polar surface area (TPSA) is 78.5 Å². The predicted molar refractivity (Wildman–Crippen MR) is 91.2 cm³/mol. The first-order valence-corrected chi connectivity index (χ1v) is 8.26. The van der Waals surface area contributed by atoms with Crippen molar-refractivity contribution in [3.05, 3.63) is 35.9 Å². The Bertz CT molecular complexity index is 642. The lowest BCUT2D eigenvalue weighted by atomic mass is 9.87. The van der Waals surface area contributed by atoms with Crippen LogP contribution in [0.25, 0.3) is 0 Å². The van der Waals surface area contributed by atoms with Crippen LogP contribution in [0, 0.1) is 0 Å². The van der Waals surface area contributed by atoms with Crippen molar-refractivity contribution in [1.29, 1.82) is 0 Å². The summed E-state index contributed by atoms with van der Waals surface area (Å²) in [5.74, 6) is -0.726. The van der Waals surface area contributed by atoms with Crippen LogP contribution in [0.2, 0.25) is 0 Å². The molecular weight excluding hydrogens is 306 g/mol. The Morgan fingerprint density at radius 2 is 1.83 bits per heavy atom. The fourth-order valence-corrected chi connectivity index (χ4v) is 2.78. The second-order valence-corrected chi connectivity index (χ2v) is 6.73. The molecule has 1 atom stereocenters. The third kappa shape index (κ3) is 3.27. The highest BCUT2D eigenvalue weighted by Crippen LogP contribution is 2.32. The largest absolute Gasteiger partial charge is 0.350 e. The van der Waals surface area contributed by atoms with E-state index < -0.39 is 11.6 Å². The Kier molecular flexibility index (Phi) is 4.96. The van der Waals surface area contributed by atoms with E-state index in [1.807, 2.05) is 58.0 Å². The van der Waals surface area contributed by atoms with Gasteiger partial charge in [-0.05, 0) is 32.3 Å². The third-order valence-corrected chi connectivity index (χ3v) is 4.64. The number of benzene rings is 1. The smallest absolute Gasteiger partial charge is 0.325 e. The molecule has 2 rings (SSSR count). The Morgan fingerprint density at radius 1 is 1.21 bits per heavy atom. The number of carbonyl (C=O) groups is 3. The molecule has 0 aliphatic carbocycles. The summed E-state index contributed by atoms with van der Waals surface area (Å²) in [5, 5.41) is 5.62. The summed E-state index contributed by atoms with van der Waals surface area (Å²) in [5.41, 5.74) is -0.751. The molecule has 1 unspecified atom stereocenters. The first-order chi connectivity index (χ1) is 11.3.